The van der Waals surface area contributed by atoms with E-state index < -0.39 is 0 Å². The molecule has 0 saturated heterocycles. The van der Waals surface area contributed by atoms with Crippen LogP contribution in [0.2, 0.25) is 0 Å². The van der Waals surface area contributed by atoms with Crippen LogP contribution in [0.25, 0.3) is 0 Å². The first-order valence-electron chi connectivity index (χ1n) is 17.2. The Morgan fingerprint density at radius 1 is 0.605 bits per heavy atom. The lowest BCUT2D eigenvalue weighted by Gasteiger charge is -2.10. The number of aliphatic hydroxyl groups excluding tert-OH is 1. The van der Waals surface area contributed by atoms with E-state index >= 15 is 0 Å². The van der Waals surface area contributed by atoms with Gasteiger partial charge in [0.2, 0.25) is 0 Å². The van der Waals surface area contributed by atoms with Crippen molar-refractivity contribution in [1.82, 2.24) is 0 Å². The van der Waals surface area contributed by atoms with Crippen molar-refractivity contribution in [2.24, 2.45) is 0 Å². The standard InChI is InChI=1S/C35H66O3/c1-3-4-5-6-7-8-9-10-11-12-13-17-20-23-26-29-34(36)30-27-24-21-18-15-14-16-19-22-25-28-33-31-32(2)38-35(33)37/h31-32,34,36H,3-30H2,1-2H3/t32-,34?/m0/s1. The van der Waals surface area contributed by atoms with Gasteiger partial charge in [0.25, 0.3) is 0 Å². The monoisotopic (exact) mass is 535 g/mol. The summed E-state index contributed by atoms with van der Waals surface area (Å²) in [6, 6.07) is 0. The number of rotatable bonds is 29. The summed E-state index contributed by atoms with van der Waals surface area (Å²) < 4.78 is 5.15. The molecule has 0 radical (unpaired) electrons. The van der Waals surface area contributed by atoms with Crippen LogP contribution in [-0.4, -0.2) is 23.3 Å². The zero-order chi connectivity index (χ0) is 27.5. The Kier molecular flexibility index (Phi) is 24.4. The van der Waals surface area contributed by atoms with Gasteiger partial charge in [0.1, 0.15) is 6.10 Å². The summed E-state index contributed by atoms with van der Waals surface area (Å²) in [6.07, 6.45) is 38.5. The van der Waals surface area contributed by atoms with E-state index in [-0.39, 0.29) is 18.2 Å². The highest BCUT2D eigenvalue weighted by Crippen LogP contribution is 2.20. The van der Waals surface area contributed by atoms with E-state index in [1.54, 1.807) is 0 Å². The first-order chi connectivity index (χ1) is 18.6. The number of aliphatic hydroxyl groups is 1. The molecule has 3 nitrogen and oxygen atoms in total. The summed E-state index contributed by atoms with van der Waals surface area (Å²) in [6.45, 7) is 4.22. The Balaban J connectivity index is 1.71. The van der Waals surface area contributed by atoms with E-state index in [1.807, 2.05) is 13.0 Å². The lowest BCUT2D eigenvalue weighted by Crippen LogP contribution is -2.05. The molecule has 0 spiro atoms. The molecule has 1 heterocycles. The Morgan fingerprint density at radius 3 is 1.29 bits per heavy atom. The van der Waals surface area contributed by atoms with Crippen molar-refractivity contribution in [2.75, 3.05) is 0 Å². The second-order valence-electron chi connectivity index (χ2n) is 12.3. The Labute approximate surface area is 238 Å². The number of esters is 1. The maximum atomic E-state index is 11.6. The fraction of sp³-hybridized carbons (Fsp3) is 0.914. The molecule has 3 heteroatoms. The second kappa shape index (κ2) is 26.4. The lowest BCUT2D eigenvalue weighted by atomic mass is 10.0. The van der Waals surface area contributed by atoms with Gasteiger partial charge in [0, 0.05) is 5.57 Å². The molecule has 224 valence electrons. The van der Waals surface area contributed by atoms with Crippen LogP contribution in [0.3, 0.4) is 0 Å². The fourth-order valence-electron chi connectivity index (χ4n) is 5.82. The van der Waals surface area contributed by atoms with Gasteiger partial charge < -0.3 is 9.84 Å². The highest BCUT2D eigenvalue weighted by Gasteiger charge is 2.21. The third kappa shape index (κ3) is 22.0. The minimum absolute atomic E-state index is 0.0282. The van der Waals surface area contributed by atoms with Crippen LogP contribution < -0.4 is 0 Å². The predicted molar refractivity (Wildman–Crippen MR) is 165 cm³/mol. The minimum Gasteiger partial charge on any atom is -0.455 e. The predicted octanol–water partition coefficient (Wildman–Crippen LogP) is 11.2. The molecule has 0 aromatic heterocycles. The maximum Gasteiger partial charge on any atom is 0.334 e. The number of ether oxygens (including phenoxy) is 1. The molecule has 1 unspecified atom stereocenters. The largest absolute Gasteiger partial charge is 0.455 e. The summed E-state index contributed by atoms with van der Waals surface area (Å²) in [5, 5.41) is 10.3. The molecule has 0 fully saturated rings. The normalized spacial score (nSPS) is 16.1. The Morgan fingerprint density at radius 2 is 0.947 bits per heavy atom. The number of hydrogen-bond acceptors (Lipinski definition) is 3. The lowest BCUT2D eigenvalue weighted by molar-refractivity contribution is -0.139. The van der Waals surface area contributed by atoms with E-state index in [2.05, 4.69) is 6.92 Å². The van der Waals surface area contributed by atoms with Gasteiger partial charge in [-0.15, -0.1) is 0 Å². The number of hydrogen-bond donors (Lipinski definition) is 1. The topological polar surface area (TPSA) is 46.5 Å². The van der Waals surface area contributed by atoms with Gasteiger partial charge in [-0.3, -0.25) is 0 Å². The molecule has 38 heavy (non-hydrogen) atoms. The number of unbranched alkanes of at least 4 members (excludes halogenated alkanes) is 23. The van der Waals surface area contributed by atoms with Crippen molar-refractivity contribution in [1.29, 1.82) is 0 Å². The van der Waals surface area contributed by atoms with Gasteiger partial charge in [-0.05, 0) is 38.7 Å². The molecule has 0 aromatic carbocycles. The highest BCUT2D eigenvalue weighted by molar-refractivity contribution is 5.90. The van der Waals surface area contributed by atoms with Crippen LogP contribution in [0.5, 0.6) is 0 Å². The average molecular weight is 535 g/mol. The highest BCUT2D eigenvalue weighted by atomic mass is 16.5. The molecule has 0 amide bonds. The van der Waals surface area contributed by atoms with Gasteiger partial charge >= 0.3 is 5.97 Å². The van der Waals surface area contributed by atoms with Gasteiger partial charge in [-0.2, -0.15) is 0 Å². The average Bonchev–Trinajstić information content (AvgIpc) is 3.23. The van der Waals surface area contributed by atoms with Crippen LogP contribution in [-0.2, 0) is 9.53 Å². The zero-order valence-corrected chi connectivity index (χ0v) is 25.8. The van der Waals surface area contributed by atoms with Crippen LogP contribution in [0, 0.1) is 0 Å². The number of cyclic esters (lactones) is 1. The van der Waals surface area contributed by atoms with Crippen molar-refractivity contribution < 1.29 is 14.6 Å². The Bertz CT molecular complexity index is 555. The van der Waals surface area contributed by atoms with Crippen molar-refractivity contribution in [3.63, 3.8) is 0 Å². The van der Waals surface area contributed by atoms with E-state index in [4.69, 9.17) is 4.74 Å². The minimum atomic E-state index is -0.102. The smallest absolute Gasteiger partial charge is 0.334 e. The van der Waals surface area contributed by atoms with E-state index in [1.165, 1.54) is 154 Å². The molecule has 0 saturated carbocycles. The molecule has 0 aromatic rings. The summed E-state index contributed by atoms with van der Waals surface area (Å²) in [5.74, 6) is -0.102. The van der Waals surface area contributed by atoms with Crippen LogP contribution in [0.4, 0.5) is 0 Å². The summed E-state index contributed by atoms with van der Waals surface area (Å²) in [7, 11) is 0. The van der Waals surface area contributed by atoms with Crippen molar-refractivity contribution >= 4 is 5.97 Å². The third-order valence-corrected chi connectivity index (χ3v) is 8.37. The van der Waals surface area contributed by atoms with Gasteiger partial charge in [0.05, 0.1) is 6.10 Å². The van der Waals surface area contributed by atoms with Gasteiger partial charge in [0.15, 0.2) is 0 Å². The second-order valence-corrected chi connectivity index (χ2v) is 12.3. The molecule has 2 atom stereocenters. The first kappa shape index (κ1) is 35.2. The summed E-state index contributed by atoms with van der Waals surface area (Å²) in [4.78, 5) is 11.6. The molecule has 1 rings (SSSR count). The Hall–Kier alpha value is -0.830. The van der Waals surface area contributed by atoms with E-state index in [0.29, 0.717) is 0 Å². The van der Waals surface area contributed by atoms with E-state index in [9.17, 15) is 9.90 Å². The molecular formula is C35H66O3. The maximum absolute atomic E-state index is 11.6. The van der Waals surface area contributed by atoms with Crippen LogP contribution >= 0.6 is 0 Å². The molecule has 0 bridgehead atoms. The van der Waals surface area contributed by atoms with E-state index in [0.717, 1.165) is 31.3 Å². The quantitative estimate of drug-likeness (QED) is 0.0766. The molecule has 1 N–H and O–H groups in total. The third-order valence-electron chi connectivity index (χ3n) is 8.37. The molecular weight excluding hydrogens is 468 g/mol. The SMILES string of the molecule is CCCCCCCCCCCCCCCCCC(O)CCCCCCCCCCCCC1=C[C@H](C)OC1=O. The molecule has 0 aliphatic carbocycles. The van der Waals surface area contributed by atoms with Crippen molar-refractivity contribution in [3.05, 3.63) is 11.6 Å². The number of carbonyl (C=O) groups excluding carboxylic acids is 1. The van der Waals surface area contributed by atoms with Gasteiger partial charge in [-0.1, -0.05) is 161 Å². The summed E-state index contributed by atoms with van der Waals surface area (Å²) >= 11 is 0. The molecule has 1 aliphatic heterocycles. The van der Waals surface area contributed by atoms with Gasteiger partial charge in [-0.25, -0.2) is 4.79 Å². The fourth-order valence-corrected chi connectivity index (χ4v) is 5.82. The zero-order valence-electron chi connectivity index (χ0n) is 25.8. The first-order valence-corrected chi connectivity index (χ1v) is 17.2. The number of carbonyl (C=O) groups is 1. The van der Waals surface area contributed by atoms with Crippen LogP contribution in [0.15, 0.2) is 11.6 Å². The summed E-state index contributed by atoms with van der Waals surface area (Å²) in [5.41, 5.74) is 0.887. The van der Waals surface area contributed by atoms with Crippen molar-refractivity contribution in [3.8, 4) is 0 Å². The molecule has 1 aliphatic rings. The van der Waals surface area contributed by atoms with Crippen LogP contribution in [0.1, 0.15) is 194 Å². The van der Waals surface area contributed by atoms with Crippen molar-refractivity contribution in [2.45, 2.75) is 206 Å².